The number of terminal acetylenes is 1. The molecule has 0 bridgehead atoms. The average Bonchev–Trinajstić information content (AvgIpc) is 1.72. The fraction of sp³-hybridized carbons (Fsp3) is 0.466. The van der Waals surface area contributed by atoms with Gasteiger partial charge in [-0.25, -0.2) is 9.29 Å². The molecular weight excluding hydrogens is 1220 g/mol. The molecule has 468 valence electrons. The summed E-state index contributed by atoms with van der Waals surface area (Å²) in [4.78, 5) is 96.8. The van der Waals surface area contributed by atoms with Crippen LogP contribution in [0.15, 0.2) is 65.7 Å². The molecule has 0 saturated carbocycles. The number of halogens is 5. The molecule has 0 radical (unpaired) electrons. The van der Waals surface area contributed by atoms with Crippen LogP contribution in [-0.4, -0.2) is 148 Å². The number of nitrogens with zero attached hydrogens (tertiary/aromatic N) is 7. The Balaban J connectivity index is 0.000000238. The van der Waals surface area contributed by atoms with Crippen LogP contribution in [0, 0.1) is 25.1 Å². The molecule has 0 spiro atoms. The van der Waals surface area contributed by atoms with Crippen molar-refractivity contribution in [3.05, 3.63) is 88.0 Å². The van der Waals surface area contributed by atoms with Crippen LogP contribution in [0.25, 0.3) is 0 Å². The lowest BCUT2D eigenvalue weighted by Gasteiger charge is -2.35. The summed E-state index contributed by atoms with van der Waals surface area (Å²) in [5.41, 5.74) is 10.0. The summed E-state index contributed by atoms with van der Waals surface area (Å²) < 4.78 is 41.3. The van der Waals surface area contributed by atoms with Gasteiger partial charge in [-0.3, -0.25) is 38.2 Å². The Kier molecular flexibility index (Phi) is 28.5. The number of carboxylic acid groups (broad SMARTS) is 1. The van der Waals surface area contributed by atoms with Crippen molar-refractivity contribution in [3.63, 3.8) is 0 Å². The van der Waals surface area contributed by atoms with Crippen molar-refractivity contribution in [1.29, 1.82) is 0 Å². The zero-order valence-corrected chi connectivity index (χ0v) is 53.3. The maximum absolute atomic E-state index is 14.7. The Morgan fingerprint density at radius 3 is 2.16 bits per heavy atom. The highest BCUT2D eigenvalue weighted by molar-refractivity contribution is 7.57. The third kappa shape index (κ3) is 20.0. The van der Waals surface area contributed by atoms with Crippen LogP contribution in [0.2, 0.25) is 5.28 Å². The molecule has 3 aromatic carbocycles. The number of ether oxygens (including phenoxy) is 3. The lowest BCUT2D eigenvalue weighted by atomic mass is 9.93. The molecule has 1 aliphatic carbocycles. The van der Waals surface area contributed by atoms with Crippen LogP contribution in [0.1, 0.15) is 84.8 Å². The molecule has 3 aliphatic heterocycles. The Morgan fingerprint density at radius 2 is 1.60 bits per heavy atom. The van der Waals surface area contributed by atoms with Crippen LogP contribution in [0.4, 0.5) is 39.0 Å². The maximum atomic E-state index is 14.7. The van der Waals surface area contributed by atoms with Crippen molar-refractivity contribution in [2.45, 2.75) is 116 Å². The number of hydrogen-bond donors (Lipinski definition) is 5. The third-order valence-electron chi connectivity index (χ3n) is 13.0. The lowest BCUT2D eigenvalue weighted by molar-refractivity contribution is -0.138. The number of anilines is 6. The maximum Gasteiger partial charge on any atom is 0.320 e. The van der Waals surface area contributed by atoms with Crippen LogP contribution in [0.5, 0.6) is 11.5 Å². The van der Waals surface area contributed by atoms with E-state index in [-0.39, 0.29) is 89.9 Å². The summed E-state index contributed by atoms with van der Waals surface area (Å²) in [6, 6.07) is 14.9. The Bertz CT molecular complexity index is 3160. The van der Waals surface area contributed by atoms with Gasteiger partial charge in [-0.1, -0.05) is 66.4 Å². The molecular formula is C58H74Cl4FN10O12P. The summed E-state index contributed by atoms with van der Waals surface area (Å²) in [6.07, 6.45) is 8.89. The summed E-state index contributed by atoms with van der Waals surface area (Å²) >= 11 is 22.7. The highest BCUT2D eigenvalue weighted by atomic mass is 35.5. The number of carbonyl (C=O) groups excluding carboxylic acids is 5. The minimum atomic E-state index is -3.10. The van der Waals surface area contributed by atoms with Gasteiger partial charge in [0.15, 0.2) is 24.6 Å². The number of nitrogens with two attached hydrogens (primary N) is 1. The summed E-state index contributed by atoms with van der Waals surface area (Å²) in [6.45, 7) is 16.5. The van der Waals surface area contributed by atoms with Gasteiger partial charge in [0.1, 0.15) is 30.0 Å². The van der Waals surface area contributed by atoms with E-state index < -0.39 is 41.8 Å². The van der Waals surface area contributed by atoms with E-state index in [4.69, 9.17) is 82.8 Å². The number of para-hydroxylation sites is 3. The Labute approximate surface area is 520 Å². The van der Waals surface area contributed by atoms with E-state index in [0.29, 0.717) is 54.8 Å². The van der Waals surface area contributed by atoms with Crippen molar-refractivity contribution in [2.75, 3.05) is 89.0 Å². The number of rotatable bonds is 17. The molecule has 22 nitrogen and oxygen atoms in total. The number of aromatic nitrogens is 3. The Morgan fingerprint density at radius 1 is 0.965 bits per heavy atom. The van der Waals surface area contributed by atoms with E-state index in [1.807, 2.05) is 77.9 Å². The highest BCUT2D eigenvalue weighted by Crippen LogP contribution is 2.42. The smallest absolute Gasteiger partial charge is 0.320 e. The van der Waals surface area contributed by atoms with Crippen LogP contribution in [-0.2, 0) is 44.5 Å². The van der Waals surface area contributed by atoms with Crippen molar-refractivity contribution in [2.24, 2.45) is 5.73 Å². The van der Waals surface area contributed by atoms with Crippen LogP contribution in [0.3, 0.4) is 0 Å². The van der Waals surface area contributed by atoms with Crippen molar-refractivity contribution in [1.82, 2.24) is 15.0 Å². The Hall–Kier alpha value is -6.61. The number of methoxy groups -OCH3 is 1. The molecule has 8 rings (SSSR count). The summed E-state index contributed by atoms with van der Waals surface area (Å²) in [7, 11) is -1.47. The van der Waals surface area contributed by atoms with E-state index in [0.717, 1.165) is 59.3 Å². The van der Waals surface area contributed by atoms with Crippen molar-refractivity contribution >= 4 is 124 Å². The number of nitrogens with one attached hydrogen (secondary N) is 2. The number of hydrogen-bond acceptors (Lipinski definition) is 16. The minimum Gasteiger partial charge on any atom is -0.489 e. The zero-order valence-electron chi connectivity index (χ0n) is 49.4. The first-order chi connectivity index (χ1) is 40.6. The SMILES string of the molecule is C#CCN1C(=O)COc2cc(F)c(N3C(=O)C4=C(CCCC4)C3=O)cc21.CC1COc2ccccc2N1C(=O)C(Cl)Cl.CCNc1nc(Cl)nc(NC(C)C)n1.CCc1cccc(C)c1N(C(=O)CCl)C(C)COC.CP(=O)(O)CCC(N)C(=O)O. The van der Waals surface area contributed by atoms with Gasteiger partial charge in [-0.15, -0.1) is 18.0 Å². The van der Waals surface area contributed by atoms with E-state index >= 15 is 0 Å². The quantitative estimate of drug-likeness (QED) is 0.0285. The fourth-order valence-electron chi connectivity index (χ4n) is 9.08. The van der Waals surface area contributed by atoms with Crippen molar-refractivity contribution in [3.8, 4) is 23.8 Å². The van der Waals surface area contributed by atoms with Crippen LogP contribution < -0.4 is 45.4 Å². The molecule has 28 heteroatoms. The average molecular weight is 1300 g/mol. The molecule has 4 aliphatic rings. The molecule has 4 unspecified atom stereocenters. The van der Waals surface area contributed by atoms with Gasteiger partial charge in [-0.05, 0) is 121 Å². The van der Waals surface area contributed by atoms with E-state index in [1.54, 1.807) is 16.9 Å². The van der Waals surface area contributed by atoms with Gasteiger partial charge >= 0.3 is 5.97 Å². The number of fused-ring (bicyclic) bond motifs is 2. The molecule has 4 atom stereocenters. The predicted molar refractivity (Wildman–Crippen MR) is 334 cm³/mol. The highest BCUT2D eigenvalue weighted by Gasteiger charge is 2.42. The molecule has 4 aromatic rings. The normalized spacial score (nSPS) is 16.2. The first kappa shape index (κ1) is 71.9. The number of carboxylic acids is 1. The number of aryl methyl sites for hydroxylation is 2. The summed E-state index contributed by atoms with van der Waals surface area (Å²) in [5.74, 6) is 0.518. The molecule has 86 heavy (non-hydrogen) atoms. The molecule has 0 saturated heterocycles. The second kappa shape index (κ2) is 34.1. The molecule has 0 fully saturated rings. The lowest BCUT2D eigenvalue weighted by Crippen LogP contribution is -2.47. The van der Waals surface area contributed by atoms with Gasteiger partial charge in [0.25, 0.3) is 23.6 Å². The molecule has 1 aromatic heterocycles. The number of aliphatic carboxylic acids is 1. The first-order valence-electron chi connectivity index (χ1n) is 27.4. The van der Waals surface area contributed by atoms with Gasteiger partial charge < -0.3 is 50.4 Å². The molecule has 4 heterocycles. The topological polar surface area (TPSA) is 289 Å². The van der Waals surface area contributed by atoms with Gasteiger partial charge in [0, 0.05) is 49.7 Å². The second-order valence-corrected chi connectivity index (χ2v) is 24.5. The number of benzene rings is 3. The molecule has 5 amide bonds. The first-order valence-corrected chi connectivity index (χ1v) is 31.5. The fourth-order valence-corrected chi connectivity index (χ4v) is 10.3. The minimum absolute atomic E-state index is 0.0170. The number of amides is 5. The van der Waals surface area contributed by atoms with E-state index in [2.05, 4.69) is 44.5 Å². The zero-order chi connectivity index (χ0) is 64.2. The number of carbonyl (C=O) groups is 6. The van der Waals surface area contributed by atoms with Gasteiger partial charge in [-0.2, -0.15) is 15.0 Å². The van der Waals surface area contributed by atoms with E-state index in [1.165, 1.54) is 17.6 Å². The largest absolute Gasteiger partial charge is 0.489 e. The van der Waals surface area contributed by atoms with Gasteiger partial charge in [0.2, 0.25) is 23.1 Å². The van der Waals surface area contributed by atoms with Gasteiger partial charge in [0.05, 0.1) is 48.0 Å². The molecule has 6 N–H and O–H groups in total. The predicted octanol–water partition coefficient (Wildman–Crippen LogP) is 9.16. The number of imide groups is 1. The summed E-state index contributed by atoms with van der Waals surface area (Å²) in [5, 5.41) is 14.5. The number of alkyl halides is 3. The second-order valence-electron chi connectivity index (χ2n) is 20.2. The monoisotopic (exact) mass is 1290 g/mol. The standard InChI is InChI=1S/C19H15FN2O4.C15H22ClNO2.C11H11Cl2NO2.C8H14ClN5.C5H12NO4P/c1-2-7-21-15-9-14(13(20)8-16(15)26-10-17(21)23)22-18(24)11-5-3-4-6-12(11)19(22)25;1-5-13-8-6-7-11(2)15(13)17(14(18)9-16)12(3)10-19-4;1-7-6-16-9-5-3-2-4-8(9)14(7)11(15)10(12)13;1-4-10-7-12-6(9)13-8(14-7)11-5(2)3;1-11(9,10)3-2-4(6)5(7)8/h1,8-9H,3-7,10H2;6-8,12H,5,9-10H2,1-4H3;2-5,7,10H,6H2,1H3;5H,4H2,1-3H3,(H2,10,11,12,13,14);4H,2-3,6H2,1H3,(H,7,8)(H,9,10). The van der Waals surface area contributed by atoms with Crippen molar-refractivity contribution < 1.29 is 61.9 Å². The van der Waals surface area contributed by atoms with Crippen LogP contribution >= 0.6 is 53.8 Å². The third-order valence-corrected chi connectivity index (χ3v) is 14.9. The van der Waals surface area contributed by atoms with E-state index in [9.17, 15) is 37.7 Å².